The Morgan fingerprint density at radius 2 is 2.04 bits per heavy atom. The average molecular weight is 381 g/mol. The third-order valence-electron chi connectivity index (χ3n) is 3.91. The third kappa shape index (κ3) is 4.72. The number of unbranched alkanes of at least 4 members (excludes halogenated alkanes) is 1. The molecule has 0 fully saturated rings. The number of nitrogen functional groups attached to an aromatic ring is 1. The highest BCUT2D eigenvalue weighted by Gasteiger charge is 2.18. The molecule has 10 heteroatoms. The molecule has 27 heavy (non-hydrogen) atoms. The molecule has 1 aromatic heterocycles. The van der Waals surface area contributed by atoms with E-state index in [9.17, 15) is 23.2 Å². The van der Waals surface area contributed by atoms with Crippen LogP contribution in [0, 0.1) is 11.6 Å². The number of likely N-dealkylation sites (N-methyl/N-ethyl adjacent to an activating group) is 1. The number of anilines is 3. The topological polar surface area (TPSA) is 113 Å². The quantitative estimate of drug-likeness (QED) is 0.669. The average Bonchev–Trinajstić information content (AvgIpc) is 2.57. The number of H-pyrrole nitrogens is 1. The van der Waals surface area contributed by atoms with Crippen molar-refractivity contribution in [1.82, 2.24) is 9.55 Å². The van der Waals surface area contributed by atoms with Crippen LogP contribution in [-0.4, -0.2) is 29.1 Å². The van der Waals surface area contributed by atoms with Gasteiger partial charge in [-0.2, -0.15) is 0 Å². The van der Waals surface area contributed by atoms with E-state index in [0.29, 0.717) is 13.0 Å². The maximum Gasteiger partial charge on any atom is 0.330 e. The lowest BCUT2D eigenvalue weighted by atomic mass is 10.3. The number of hydrogen-bond acceptors (Lipinski definition) is 5. The number of nitrogens with one attached hydrogen (secondary N) is 2. The highest BCUT2D eigenvalue weighted by Crippen LogP contribution is 2.17. The molecule has 0 radical (unpaired) electrons. The van der Waals surface area contributed by atoms with Crippen molar-refractivity contribution in [3.05, 3.63) is 50.7 Å². The van der Waals surface area contributed by atoms with E-state index < -0.39 is 28.8 Å². The lowest BCUT2D eigenvalue weighted by molar-refractivity contribution is -0.114. The number of nitrogens with two attached hydrogens (primary N) is 1. The Morgan fingerprint density at radius 1 is 1.33 bits per heavy atom. The first-order valence-electron chi connectivity index (χ1n) is 8.33. The maximum atomic E-state index is 13.6. The van der Waals surface area contributed by atoms with Gasteiger partial charge in [-0.1, -0.05) is 13.3 Å². The van der Waals surface area contributed by atoms with Gasteiger partial charge in [-0.15, -0.1) is 0 Å². The minimum atomic E-state index is -0.794. The molecular weight excluding hydrogens is 360 g/mol. The van der Waals surface area contributed by atoms with Gasteiger partial charge >= 0.3 is 5.69 Å². The third-order valence-corrected chi connectivity index (χ3v) is 3.91. The largest absolute Gasteiger partial charge is 0.383 e. The summed E-state index contributed by atoms with van der Waals surface area (Å²) in [4.78, 5) is 39.6. The molecule has 0 aliphatic rings. The number of aromatic amines is 1. The Hall–Kier alpha value is -3.17. The molecule has 1 amide bonds. The van der Waals surface area contributed by atoms with Gasteiger partial charge in [-0.05, 0) is 18.6 Å². The van der Waals surface area contributed by atoms with Crippen LogP contribution in [0.5, 0.6) is 0 Å². The van der Waals surface area contributed by atoms with Crippen molar-refractivity contribution in [2.75, 3.05) is 29.5 Å². The normalized spacial score (nSPS) is 10.7. The predicted molar refractivity (Wildman–Crippen MR) is 98.9 cm³/mol. The molecular formula is C17H21F2N5O3. The number of carbonyl (C=O) groups is 1. The van der Waals surface area contributed by atoms with E-state index in [1.54, 1.807) is 0 Å². The van der Waals surface area contributed by atoms with Crippen LogP contribution >= 0.6 is 0 Å². The van der Waals surface area contributed by atoms with Crippen molar-refractivity contribution < 1.29 is 13.6 Å². The van der Waals surface area contributed by atoms with E-state index in [1.165, 1.54) is 16.5 Å². The number of amides is 1. The predicted octanol–water partition coefficient (Wildman–Crippen LogP) is 1.27. The molecule has 0 aliphatic heterocycles. The molecule has 0 saturated carbocycles. The smallest absolute Gasteiger partial charge is 0.330 e. The Balaban J connectivity index is 2.23. The van der Waals surface area contributed by atoms with Crippen molar-refractivity contribution in [3.63, 3.8) is 0 Å². The molecule has 0 unspecified atom stereocenters. The summed E-state index contributed by atoms with van der Waals surface area (Å²) < 4.78 is 28.0. The first kappa shape index (κ1) is 20.1. The fourth-order valence-electron chi connectivity index (χ4n) is 2.56. The fourth-order valence-corrected chi connectivity index (χ4v) is 2.56. The summed E-state index contributed by atoms with van der Waals surface area (Å²) in [6.07, 6.45) is 1.50. The number of benzene rings is 1. The summed E-state index contributed by atoms with van der Waals surface area (Å²) in [5, 5.41) is 2.23. The van der Waals surface area contributed by atoms with Crippen LogP contribution in [0.3, 0.4) is 0 Å². The highest BCUT2D eigenvalue weighted by molar-refractivity contribution is 5.94. The zero-order valence-corrected chi connectivity index (χ0v) is 15.0. The number of aromatic nitrogens is 2. The van der Waals surface area contributed by atoms with E-state index in [4.69, 9.17) is 5.73 Å². The van der Waals surface area contributed by atoms with Crippen LogP contribution in [0.4, 0.5) is 26.0 Å². The van der Waals surface area contributed by atoms with Crippen molar-refractivity contribution in [2.45, 2.75) is 26.3 Å². The highest BCUT2D eigenvalue weighted by atomic mass is 19.1. The molecule has 2 aromatic rings. The van der Waals surface area contributed by atoms with Gasteiger partial charge in [0.05, 0.1) is 12.2 Å². The number of rotatable bonds is 7. The molecule has 0 atom stereocenters. The van der Waals surface area contributed by atoms with Crippen LogP contribution in [0.15, 0.2) is 27.8 Å². The van der Waals surface area contributed by atoms with Crippen molar-refractivity contribution in [3.8, 4) is 0 Å². The van der Waals surface area contributed by atoms with Gasteiger partial charge in [0.1, 0.15) is 23.1 Å². The minimum absolute atomic E-state index is 0.0550. The number of halogens is 2. The monoisotopic (exact) mass is 381 g/mol. The Kier molecular flexibility index (Phi) is 6.32. The molecule has 146 valence electrons. The lowest BCUT2D eigenvalue weighted by Gasteiger charge is -2.21. The van der Waals surface area contributed by atoms with E-state index in [2.05, 4.69) is 10.3 Å². The second-order valence-electron chi connectivity index (χ2n) is 6.03. The van der Waals surface area contributed by atoms with Crippen molar-refractivity contribution in [1.29, 1.82) is 0 Å². The van der Waals surface area contributed by atoms with Crippen LogP contribution < -0.4 is 27.2 Å². The van der Waals surface area contributed by atoms with Crippen LogP contribution in [-0.2, 0) is 11.3 Å². The lowest BCUT2D eigenvalue weighted by Crippen LogP contribution is -2.39. The summed E-state index contributed by atoms with van der Waals surface area (Å²) in [6.45, 7) is 1.89. The molecule has 0 spiro atoms. The van der Waals surface area contributed by atoms with Gasteiger partial charge in [0.2, 0.25) is 5.91 Å². The molecule has 4 N–H and O–H groups in total. The first-order valence-corrected chi connectivity index (χ1v) is 8.33. The molecule has 1 aromatic carbocycles. The van der Waals surface area contributed by atoms with Gasteiger partial charge in [0.25, 0.3) is 5.56 Å². The number of hydrogen-bond donors (Lipinski definition) is 3. The summed E-state index contributed by atoms with van der Waals surface area (Å²) >= 11 is 0. The zero-order chi connectivity index (χ0) is 20.1. The van der Waals surface area contributed by atoms with Gasteiger partial charge in [0, 0.05) is 19.7 Å². The van der Waals surface area contributed by atoms with Crippen molar-refractivity contribution >= 4 is 23.1 Å². The van der Waals surface area contributed by atoms with E-state index >= 15 is 0 Å². The summed E-state index contributed by atoms with van der Waals surface area (Å²) in [5.74, 6) is -2.25. The van der Waals surface area contributed by atoms with Gasteiger partial charge in [-0.25, -0.2) is 13.6 Å². The first-order chi connectivity index (χ1) is 12.7. The van der Waals surface area contributed by atoms with Gasteiger partial charge < -0.3 is 16.0 Å². The molecule has 1 heterocycles. The summed E-state index contributed by atoms with van der Waals surface area (Å²) in [7, 11) is 1.43. The minimum Gasteiger partial charge on any atom is -0.383 e. The maximum absolute atomic E-state index is 13.6. The molecule has 0 aliphatic carbocycles. The molecule has 2 rings (SSSR count). The van der Waals surface area contributed by atoms with E-state index in [0.717, 1.165) is 24.6 Å². The molecule has 0 bridgehead atoms. The van der Waals surface area contributed by atoms with Crippen LogP contribution in [0.25, 0.3) is 0 Å². The number of nitrogens with zero attached hydrogens (tertiary/aromatic N) is 2. The SMILES string of the molecule is CCCCn1c(N)c(N(C)CC(=O)Nc2cc(F)ccc2F)c(=O)[nH]c1=O. The number of carbonyl (C=O) groups excluding carboxylic acids is 1. The second-order valence-corrected chi connectivity index (χ2v) is 6.03. The van der Waals surface area contributed by atoms with E-state index in [1.807, 2.05) is 6.92 Å². The van der Waals surface area contributed by atoms with Crippen molar-refractivity contribution in [2.24, 2.45) is 0 Å². The van der Waals surface area contributed by atoms with E-state index in [-0.39, 0.29) is 23.7 Å². The standard InChI is InChI=1S/C17H21F2N5O3/c1-3-4-7-24-15(20)14(16(26)22-17(24)27)23(2)9-13(25)21-12-8-10(18)5-6-11(12)19/h5-6,8H,3-4,7,9,20H2,1-2H3,(H,21,25)(H,22,26,27). The Morgan fingerprint density at radius 3 is 2.70 bits per heavy atom. The molecule has 0 saturated heterocycles. The summed E-state index contributed by atoms with van der Waals surface area (Å²) in [6, 6.07) is 2.66. The van der Waals surface area contributed by atoms with Crippen LogP contribution in [0.2, 0.25) is 0 Å². The Labute approximate surface area is 153 Å². The fraction of sp³-hybridized carbons (Fsp3) is 0.353. The van der Waals surface area contributed by atoms with Crippen LogP contribution in [0.1, 0.15) is 19.8 Å². The second kappa shape index (κ2) is 8.47. The molecule has 8 nitrogen and oxygen atoms in total. The Bertz CT molecular complexity index is 955. The zero-order valence-electron chi connectivity index (χ0n) is 15.0. The van der Waals surface area contributed by atoms with Gasteiger partial charge in [-0.3, -0.25) is 19.1 Å². The van der Waals surface area contributed by atoms with Gasteiger partial charge in [0.15, 0.2) is 0 Å². The summed E-state index contributed by atoms with van der Waals surface area (Å²) in [5.41, 5.74) is 4.22.